The van der Waals surface area contributed by atoms with Crippen LogP contribution in [0.1, 0.15) is 15.9 Å². The van der Waals surface area contributed by atoms with Crippen molar-refractivity contribution >= 4 is 11.7 Å². The summed E-state index contributed by atoms with van der Waals surface area (Å²) < 4.78 is 6.90. The summed E-state index contributed by atoms with van der Waals surface area (Å²) in [5, 5.41) is 23.7. The normalized spacial score (nSPS) is 10.2. The van der Waals surface area contributed by atoms with Gasteiger partial charge in [0.05, 0.1) is 16.7 Å². The maximum absolute atomic E-state index is 10.9. The number of ether oxygens (including phenoxy) is 1. The highest BCUT2D eigenvalue weighted by atomic mass is 16.6. The van der Waals surface area contributed by atoms with Crippen LogP contribution in [0.2, 0.25) is 0 Å². The maximum atomic E-state index is 10.9. The molecule has 0 unspecified atom stereocenters. The topological polar surface area (TPSA) is 107 Å². The zero-order valence-corrected chi connectivity index (χ0v) is 10.5. The smallest absolute Gasteiger partial charge is 0.335 e. The third kappa shape index (κ3) is 2.91. The molecule has 0 saturated carbocycles. The molecule has 8 nitrogen and oxygen atoms in total. The molecule has 1 N–H and O–H groups in total. The molecule has 2 aromatic rings. The summed E-state index contributed by atoms with van der Waals surface area (Å²) in [6, 6.07) is 3.41. The number of hydrogen-bond donors (Lipinski definition) is 1. The molecule has 104 valence electrons. The standard InChI is InChI=1S/C12H11N3O5/c1-14-6-8(5-13-14)7-20-11-4-9(12(16)17)2-3-10(11)15(18)19/h2-6H,7H2,1H3,(H,16,17). The Kier molecular flexibility index (Phi) is 3.65. The van der Waals surface area contributed by atoms with Crippen molar-refractivity contribution in [1.82, 2.24) is 9.78 Å². The van der Waals surface area contributed by atoms with E-state index < -0.39 is 10.9 Å². The third-order valence-corrected chi connectivity index (χ3v) is 2.56. The Morgan fingerprint density at radius 1 is 1.55 bits per heavy atom. The number of nitrogens with zero attached hydrogens (tertiary/aromatic N) is 3. The fraction of sp³-hybridized carbons (Fsp3) is 0.167. The number of carbonyl (C=O) groups is 1. The molecule has 20 heavy (non-hydrogen) atoms. The Morgan fingerprint density at radius 2 is 2.30 bits per heavy atom. The summed E-state index contributed by atoms with van der Waals surface area (Å²) in [6.45, 7) is 0.0672. The van der Waals surface area contributed by atoms with Crippen LogP contribution < -0.4 is 4.74 Å². The first-order valence-corrected chi connectivity index (χ1v) is 5.59. The molecule has 0 spiro atoms. The Morgan fingerprint density at radius 3 is 2.85 bits per heavy atom. The van der Waals surface area contributed by atoms with Gasteiger partial charge in [0.2, 0.25) is 0 Å². The molecule has 1 aromatic heterocycles. The van der Waals surface area contributed by atoms with Crippen LogP contribution in [0.15, 0.2) is 30.6 Å². The number of rotatable bonds is 5. The number of carboxylic acids is 1. The van der Waals surface area contributed by atoms with Crippen molar-refractivity contribution in [2.24, 2.45) is 7.05 Å². The minimum atomic E-state index is -1.17. The zero-order chi connectivity index (χ0) is 14.7. The second-order valence-corrected chi connectivity index (χ2v) is 4.06. The van der Waals surface area contributed by atoms with Gasteiger partial charge in [0, 0.05) is 30.9 Å². The summed E-state index contributed by atoms with van der Waals surface area (Å²) in [4.78, 5) is 21.1. The Hall–Kier alpha value is -2.90. The number of aromatic nitrogens is 2. The van der Waals surface area contributed by atoms with E-state index in [1.54, 1.807) is 24.1 Å². The van der Waals surface area contributed by atoms with Gasteiger partial charge in [-0.05, 0) is 6.07 Å². The fourth-order valence-corrected chi connectivity index (χ4v) is 1.62. The van der Waals surface area contributed by atoms with Crippen LogP contribution in [0.25, 0.3) is 0 Å². The van der Waals surface area contributed by atoms with E-state index >= 15 is 0 Å². The number of benzene rings is 1. The van der Waals surface area contributed by atoms with Gasteiger partial charge in [-0.25, -0.2) is 4.79 Å². The van der Waals surface area contributed by atoms with Crippen molar-refractivity contribution in [3.63, 3.8) is 0 Å². The number of nitro benzene ring substituents is 1. The molecule has 0 bridgehead atoms. The lowest BCUT2D eigenvalue weighted by atomic mass is 10.2. The van der Waals surface area contributed by atoms with Crippen LogP contribution in [0.3, 0.4) is 0 Å². The number of aryl methyl sites for hydroxylation is 1. The van der Waals surface area contributed by atoms with E-state index in [0.717, 1.165) is 23.8 Å². The average molecular weight is 277 g/mol. The van der Waals surface area contributed by atoms with Crippen LogP contribution in [0.4, 0.5) is 5.69 Å². The Balaban J connectivity index is 2.25. The summed E-state index contributed by atoms with van der Waals surface area (Å²) in [5.74, 6) is -1.26. The molecular formula is C12H11N3O5. The maximum Gasteiger partial charge on any atom is 0.335 e. The van der Waals surface area contributed by atoms with E-state index in [-0.39, 0.29) is 23.6 Å². The first kappa shape index (κ1) is 13.5. The van der Waals surface area contributed by atoms with Crippen molar-refractivity contribution in [3.05, 3.63) is 51.8 Å². The lowest BCUT2D eigenvalue weighted by Gasteiger charge is -2.06. The molecule has 0 fully saturated rings. The molecular weight excluding hydrogens is 266 g/mol. The van der Waals surface area contributed by atoms with Gasteiger partial charge in [0.25, 0.3) is 0 Å². The highest BCUT2D eigenvalue weighted by Gasteiger charge is 2.18. The van der Waals surface area contributed by atoms with E-state index in [4.69, 9.17) is 9.84 Å². The number of hydrogen-bond acceptors (Lipinski definition) is 5. The second-order valence-electron chi connectivity index (χ2n) is 4.06. The molecule has 0 aliphatic carbocycles. The van der Waals surface area contributed by atoms with Gasteiger partial charge in [-0.2, -0.15) is 5.10 Å². The predicted molar refractivity (Wildman–Crippen MR) is 67.6 cm³/mol. The second kappa shape index (κ2) is 5.39. The van der Waals surface area contributed by atoms with Gasteiger partial charge in [0.1, 0.15) is 6.61 Å². The quantitative estimate of drug-likeness (QED) is 0.657. The monoisotopic (exact) mass is 277 g/mol. The largest absolute Gasteiger partial charge is 0.482 e. The fourth-order valence-electron chi connectivity index (χ4n) is 1.62. The van der Waals surface area contributed by atoms with Gasteiger partial charge in [-0.3, -0.25) is 14.8 Å². The molecule has 0 atom stereocenters. The summed E-state index contributed by atoms with van der Waals surface area (Å²) in [5.41, 5.74) is 0.373. The molecule has 8 heteroatoms. The van der Waals surface area contributed by atoms with Gasteiger partial charge < -0.3 is 9.84 Å². The lowest BCUT2D eigenvalue weighted by Crippen LogP contribution is -2.02. The average Bonchev–Trinajstić information content (AvgIpc) is 2.81. The predicted octanol–water partition coefficient (Wildman–Crippen LogP) is 1.61. The molecule has 1 heterocycles. The zero-order valence-electron chi connectivity index (χ0n) is 10.5. The van der Waals surface area contributed by atoms with Crippen LogP contribution in [-0.2, 0) is 13.7 Å². The lowest BCUT2D eigenvalue weighted by molar-refractivity contribution is -0.385. The van der Waals surface area contributed by atoms with Gasteiger partial charge >= 0.3 is 11.7 Å². The van der Waals surface area contributed by atoms with Crippen LogP contribution in [0, 0.1) is 10.1 Å². The number of carboxylic acid groups (broad SMARTS) is 1. The Bertz CT molecular complexity index is 665. The number of aromatic carboxylic acids is 1. The molecule has 0 amide bonds. The SMILES string of the molecule is Cn1cc(COc2cc(C(=O)O)ccc2[N+](=O)[O-])cn1. The molecule has 0 radical (unpaired) electrons. The third-order valence-electron chi connectivity index (χ3n) is 2.56. The molecule has 0 aliphatic rings. The molecule has 1 aromatic carbocycles. The van der Waals surface area contributed by atoms with Crippen molar-refractivity contribution in [3.8, 4) is 5.75 Å². The van der Waals surface area contributed by atoms with Crippen molar-refractivity contribution in [2.75, 3.05) is 0 Å². The first-order chi connectivity index (χ1) is 9.47. The van der Waals surface area contributed by atoms with Crippen molar-refractivity contribution in [2.45, 2.75) is 6.61 Å². The van der Waals surface area contributed by atoms with Crippen molar-refractivity contribution < 1.29 is 19.6 Å². The summed E-state index contributed by atoms with van der Waals surface area (Å²) in [6.07, 6.45) is 3.26. The highest BCUT2D eigenvalue weighted by molar-refractivity contribution is 5.88. The van der Waals surface area contributed by atoms with Gasteiger partial charge in [-0.1, -0.05) is 0 Å². The summed E-state index contributed by atoms with van der Waals surface area (Å²) >= 11 is 0. The summed E-state index contributed by atoms with van der Waals surface area (Å²) in [7, 11) is 1.73. The first-order valence-electron chi connectivity index (χ1n) is 5.59. The molecule has 0 saturated heterocycles. The van der Waals surface area contributed by atoms with Crippen molar-refractivity contribution in [1.29, 1.82) is 0 Å². The minimum Gasteiger partial charge on any atom is -0.482 e. The minimum absolute atomic E-state index is 0.0672. The molecule has 0 aliphatic heterocycles. The molecule has 2 rings (SSSR count). The van der Waals surface area contributed by atoms with Crippen LogP contribution in [0.5, 0.6) is 5.75 Å². The van der Waals surface area contributed by atoms with Gasteiger partial charge in [-0.15, -0.1) is 0 Å². The van der Waals surface area contributed by atoms with E-state index in [0.29, 0.717) is 0 Å². The van der Waals surface area contributed by atoms with E-state index in [1.165, 1.54) is 0 Å². The van der Waals surface area contributed by atoms with E-state index in [2.05, 4.69) is 5.10 Å². The van der Waals surface area contributed by atoms with Crippen LogP contribution >= 0.6 is 0 Å². The number of nitro groups is 1. The Labute approximate surface area is 113 Å². The van der Waals surface area contributed by atoms with E-state index in [9.17, 15) is 14.9 Å². The highest BCUT2D eigenvalue weighted by Crippen LogP contribution is 2.28. The van der Waals surface area contributed by atoms with Gasteiger partial charge in [0.15, 0.2) is 5.75 Å². The van der Waals surface area contributed by atoms with Crippen LogP contribution in [-0.4, -0.2) is 25.8 Å². The van der Waals surface area contributed by atoms with E-state index in [1.807, 2.05) is 0 Å².